The first-order valence-electron chi connectivity index (χ1n) is 14.0. The Labute approximate surface area is 247 Å². The van der Waals surface area contributed by atoms with Gasteiger partial charge in [0.25, 0.3) is 6.02 Å². The lowest BCUT2D eigenvalue weighted by Gasteiger charge is -2.48. The second-order valence-electron chi connectivity index (χ2n) is 11.3. The van der Waals surface area contributed by atoms with Crippen LogP contribution in [0, 0.1) is 5.92 Å². The van der Waals surface area contributed by atoms with Crippen LogP contribution in [-0.4, -0.2) is 178 Å². The van der Waals surface area contributed by atoms with Gasteiger partial charge in [-0.3, -0.25) is 9.59 Å². The zero-order valence-corrected chi connectivity index (χ0v) is 24.2. The maximum absolute atomic E-state index is 12.2. The van der Waals surface area contributed by atoms with E-state index < -0.39 is 123 Å². The van der Waals surface area contributed by atoms with Crippen LogP contribution in [-0.2, 0) is 33.3 Å². The van der Waals surface area contributed by atoms with Crippen molar-refractivity contribution in [2.75, 3.05) is 33.9 Å². The third-order valence-electron chi connectivity index (χ3n) is 8.02. The predicted molar refractivity (Wildman–Crippen MR) is 141 cm³/mol. The van der Waals surface area contributed by atoms with Gasteiger partial charge in [-0.05, 0) is 0 Å². The van der Waals surface area contributed by atoms with Crippen LogP contribution in [0.15, 0.2) is 4.99 Å². The maximum Gasteiger partial charge on any atom is 0.287 e. The Kier molecular flexibility index (Phi) is 10.8. The van der Waals surface area contributed by atoms with Crippen LogP contribution in [0.4, 0.5) is 0 Å². The smallest absolute Gasteiger partial charge is 0.287 e. The van der Waals surface area contributed by atoms with Crippen molar-refractivity contribution in [2.45, 2.75) is 99.5 Å². The highest BCUT2D eigenvalue weighted by Gasteiger charge is 2.58. The van der Waals surface area contributed by atoms with E-state index in [2.05, 4.69) is 15.6 Å². The SMILES string of the molecule is CC(=O)NC1C(O)[C@H](O)C(CO)O[C@H]1O[C@@H]1C(CO)O[C@@H](O[C@H]2C(O)C3N=C(N(C)C)OC3C2CO)C(NC(C)=O)C1O. The Balaban J connectivity index is 1.57. The van der Waals surface area contributed by atoms with Gasteiger partial charge in [-0.1, -0.05) is 0 Å². The van der Waals surface area contributed by atoms with Crippen LogP contribution in [0.5, 0.6) is 0 Å². The molecular weight excluding hydrogens is 580 g/mol. The monoisotopic (exact) mass is 622 g/mol. The lowest BCUT2D eigenvalue weighted by Crippen LogP contribution is -2.69. The minimum Gasteiger partial charge on any atom is -0.459 e. The summed E-state index contributed by atoms with van der Waals surface area (Å²) < 4.78 is 29.3. The van der Waals surface area contributed by atoms with Crippen molar-refractivity contribution in [1.82, 2.24) is 15.5 Å². The molecule has 0 aromatic rings. The Bertz CT molecular complexity index is 1020. The molecule has 2 amide bonds. The molecule has 3 fully saturated rings. The van der Waals surface area contributed by atoms with Crippen molar-refractivity contribution in [3.8, 4) is 0 Å². The van der Waals surface area contributed by atoms with Crippen molar-refractivity contribution in [1.29, 1.82) is 0 Å². The second-order valence-corrected chi connectivity index (χ2v) is 11.3. The van der Waals surface area contributed by atoms with E-state index >= 15 is 0 Å². The lowest BCUT2D eigenvalue weighted by molar-refractivity contribution is -0.339. The molecule has 2 saturated heterocycles. The number of hydrogen-bond donors (Lipinski definition) is 9. The summed E-state index contributed by atoms with van der Waals surface area (Å²) >= 11 is 0. The number of amides is 2. The molecular formula is C25H42N4O14. The van der Waals surface area contributed by atoms with Crippen LogP contribution in [0.2, 0.25) is 0 Å². The van der Waals surface area contributed by atoms with Gasteiger partial charge < -0.3 is 75.0 Å². The molecule has 246 valence electrons. The highest BCUT2D eigenvalue weighted by atomic mass is 16.7. The fraction of sp³-hybridized carbons (Fsp3) is 0.880. The summed E-state index contributed by atoms with van der Waals surface area (Å²) in [4.78, 5) is 30.0. The minimum atomic E-state index is -1.67. The quantitative estimate of drug-likeness (QED) is 0.116. The number of rotatable bonds is 9. The summed E-state index contributed by atoms with van der Waals surface area (Å²) in [7, 11) is 3.42. The Hall–Kier alpha value is -2.23. The van der Waals surface area contributed by atoms with E-state index in [0.717, 1.165) is 6.92 Å². The summed E-state index contributed by atoms with van der Waals surface area (Å²) in [6, 6.07) is -3.21. The molecule has 4 aliphatic rings. The van der Waals surface area contributed by atoms with Gasteiger partial charge in [0.15, 0.2) is 12.6 Å². The van der Waals surface area contributed by atoms with E-state index in [1.54, 1.807) is 19.0 Å². The first-order chi connectivity index (χ1) is 20.3. The van der Waals surface area contributed by atoms with Gasteiger partial charge in [0.1, 0.15) is 67.0 Å². The molecule has 0 spiro atoms. The van der Waals surface area contributed by atoms with Gasteiger partial charge in [-0.15, -0.1) is 0 Å². The van der Waals surface area contributed by atoms with E-state index in [9.17, 15) is 45.3 Å². The molecule has 10 unspecified atom stereocenters. The molecule has 43 heavy (non-hydrogen) atoms. The minimum absolute atomic E-state index is 0.273. The van der Waals surface area contributed by atoms with Gasteiger partial charge in [0.2, 0.25) is 11.8 Å². The fourth-order valence-corrected chi connectivity index (χ4v) is 5.91. The molecule has 1 saturated carbocycles. The summed E-state index contributed by atoms with van der Waals surface area (Å²) in [5.41, 5.74) is 0. The number of carbonyl (C=O) groups excluding carboxylic acids is 2. The van der Waals surface area contributed by atoms with E-state index in [1.807, 2.05) is 0 Å². The lowest BCUT2D eigenvalue weighted by atomic mass is 9.94. The van der Waals surface area contributed by atoms with E-state index in [-0.39, 0.29) is 6.02 Å². The molecule has 0 bridgehead atoms. The zero-order chi connectivity index (χ0) is 31.7. The van der Waals surface area contributed by atoms with Crippen molar-refractivity contribution in [3.05, 3.63) is 0 Å². The number of carbonyl (C=O) groups is 2. The van der Waals surface area contributed by atoms with Gasteiger partial charge in [-0.2, -0.15) is 0 Å². The average Bonchev–Trinajstić information content (AvgIpc) is 3.49. The molecule has 0 aromatic heterocycles. The van der Waals surface area contributed by atoms with Crippen molar-refractivity contribution >= 4 is 17.8 Å². The number of fused-ring (bicyclic) bond motifs is 1. The number of aliphatic hydroxyl groups excluding tert-OH is 7. The molecule has 18 heteroatoms. The summed E-state index contributed by atoms with van der Waals surface area (Å²) in [6.45, 7) is 0.403. The van der Waals surface area contributed by atoms with Gasteiger partial charge in [0, 0.05) is 27.9 Å². The Morgan fingerprint density at radius 3 is 1.84 bits per heavy atom. The highest BCUT2D eigenvalue weighted by molar-refractivity contribution is 5.76. The maximum atomic E-state index is 12.2. The molecule has 18 nitrogen and oxygen atoms in total. The van der Waals surface area contributed by atoms with E-state index in [0.29, 0.717) is 0 Å². The molecule has 4 rings (SSSR count). The normalized spacial score (nSPS) is 44.3. The Morgan fingerprint density at radius 1 is 0.791 bits per heavy atom. The van der Waals surface area contributed by atoms with Crippen molar-refractivity contribution in [3.63, 3.8) is 0 Å². The third kappa shape index (κ3) is 6.74. The molecule has 1 aliphatic carbocycles. The van der Waals surface area contributed by atoms with Crippen LogP contribution in [0.3, 0.4) is 0 Å². The van der Waals surface area contributed by atoms with Crippen LogP contribution < -0.4 is 10.6 Å². The average molecular weight is 623 g/mol. The number of aliphatic imine (C=N–C) groups is 1. The highest BCUT2D eigenvalue weighted by Crippen LogP contribution is 2.39. The van der Waals surface area contributed by atoms with Crippen molar-refractivity contribution < 1.29 is 69.0 Å². The fourth-order valence-electron chi connectivity index (χ4n) is 5.91. The van der Waals surface area contributed by atoms with Crippen LogP contribution in [0.25, 0.3) is 0 Å². The third-order valence-corrected chi connectivity index (χ3v) is 8.02. The summed E-state index contributed by atoms with van der Waals surface area (Å²) in [5.74, 6) is -1.99. The number of amidine groups is 1. The van der Waals surface area contributed by atoms with Gasteiger partial charge in [0.05, 0.1) is 31.8 Å². The topological polar surface area (TPSA) is 262 Å². The van der Waals surface area contributed by atoms with Crippen LogP contribution >= 0.6 is 0 Å². The van der Waals surface area contributed by atoms with E-state index in [1.165, 1.54) is 6.92 Å². The molecule has 0 radical (unpaired) electrons. The first-order valence-corrected chi connectivity index (χ1v) is 14.0. The number of hydrogen-bond acceptors (Lipinski definition) is 16. The zero-order valence-electron chi connectivity index (χ0n) is 24.2. The van der Waals surface area contributed by atoms with Crippen molar-refractivity contribution in [2.24, 2.45) is 10.9 Å². The second kappa shape index (κ2) is 13.8. The summed E-state index contributed by atoms with van der Waals surface area (Å²) in [6.07, 6.45) is -15.2. The molecule has 0 aromatic carbocycles. The summed E-state index contributed by atoms with van der Waals surface area (Å²) in [5, 5.41) is 78.3. The molecule has 3 heterocycles. The largest absolute Gasteiger partial charge is 0.459 e. The van der Waals surface area contributed by atoms with Gasteiger partial charge >= 0.3 is 0 Å². The predicted octanol–water partition coefficient (Wildman–Crippen LogP) is -6.05. The first kappa shape index (κ1) is 33.7. The molecule has 15 atom stereocenters. The molecule has 9 N–H and O–H groups in total. The standard InChI is InChI=1S/C25H42N4O14/c1-8(33)26-14-17(36)16(35)11(6-31)39-23(14)42-22-12(7-32)40-24(15(19(22)38)27-9(2)34)41-21-10(5-30)20-13(18(21)37)28-25(43-20)29(3)4/h10-24,30-32,35-38H,5-7H2,1-4H3,(H,26,33)(H,27,34)/t10?,11?,12?,13?,14?,15?,16-,17?,18?,19?,20?,21-,22-,23+,24+/m1/s1. The van der Waals surface area contributed by atoms with Gasteiger partial charge in [-0.25, -0.2) is 4.99 Å². The van der Waals surface area contributed by atoms with Crippen LogP contribution in [0.1, 0.15) is 13.8 Å². The number of nitrogens with one attached hydrogen (secondary N) is 2. The van der Waals surface area contributed by atoms with E-state index in [4.69, 9.17) is 23.7 Å². The molecule has 3 aliphatic heterocycles. The number of nitrogens with zero attached hydrogens (tertiary/aromatic N) is 2. The number of aliphatic hydroxyl groups is 7. The Morgan fingerprint density at radius 2 is 1.33 bits per heavy atom. The number of ether oxygens (including phenoxy) is 5.